The van der Waals surface area contributed by atoms with Crippen LogP contribution in [-0.2, 0) is 0 Å². The summed E-state index contributed by atoms with van der Waals surface area (Å²) >= 11 is 0. The number of nitrogens with two attached hydrogens (primary N) is 1. The summed E-state index contributed by atoms with van der Waals surface area (Å²) in [5.41, 5.74) is 5.71. The highest BCUT2D eigenvalue weighted by Crippen LogP contribution is 2.30. The zero-order chi connectivity index (χ0) is 7.68. The second-order valence-corrected chi connectivity index (χ2v) is 3.88. The van der Waals surface area contributed by atoms with Gasteiger partial charge in [0.15, 0.2) is 0 Å². The number of rotatable bonds is 1. The minimum atomic E-state index is 0.815. The molecule has 2 aliphatic heterocycles. The van der Waals surface area contributed by atoms with Crippen LogP contribution in [0.3, 0.4) is 0 Å². The van der Waals surface area contributed by atoms with Gasteiger partial charge in [-0.2, -0.15) is 0 Å². The lowest BCUT2D eigenvalue weighted by Crippen LogP contribution is -2.38. The van der Waals surface area contributed by atoms with Crippen LogP contribution in [0.25, 0.3) is 0 Å². The van der Waals surface area contributed by atoms with Gasteiger partial charge < -0.3 is 10.6 Å². The van der Waals surface area contributed by atoms with E-state index in [1.54, 1.807) is 0 Å². The summed E-state index contributed by atoms with van der Waals surface area (Å²) in [4.78, 5) is 2.64. The molecule has 0 amide bonds. The van der Waals surface area contributed by atoms with Crippen LogP contribution in [0.15, 0.2) is 0 Å². The van der Waals surface area contributed by atoms with Crippen molar-refractivity contribution in [2.75, 3.05) is 19.6 Å². The van der Waals surface area contributed by atoms with E-state index in [9.17, 15) is 0 Å². The molecule has 0 saturated carbocycles. The fourth-order valence-electron chi connectivity index (χ4n) is 2.63. The summed E-state index contributed by atoms with van der Waals surface area (Å²) < 4.78 is 0. The largest absolute Gasteiger partial charge is 0.330 e. The number of fused-ring (bicyclic) bond motifs is 1. The van der Waals surface area contributed by atoms with Crippen LogP contribution in [0.1, 0.15) is 25.7 Å². The fraction of sp³-hybridized carbons (Fsp3) is 1.00. The smallest absolute Gasteiger partial charge is 0.0136 e. The molecule has 2 atom stereocenters. The van der Waals surface area contributed by atoms with Crippen molar-refractivity contribution in [3.05, 3.63) is 0 Å². The average Bonchev–Trinajstić information content (AvgIpc) is 2.47. The van der Waals surface area contributed by atoms with Crippen LogP contribution in [-0.4, -0.2) is 30.6 Å². The Morgan fingerprint density at radius 1 is 1.18 bits per heavy atom. The molecule has 0 aliphatic carbocycles. The molecular formula is C9H18N2. The minimum absolute atomic E-state index is 0.815. The van der Waals surface area contributed by atoms with Crippen molar-refractivity contribution in [1.82, 2.24) is 4.90 Å². The van der Waals surface area contributed by atoms with Gasteiger partial charge in [0.2, 0.25) is 0 Å². The van der Waals surface area contributed by atoms with E-state index in [2.05, 4.69) is 4.90 Å². The van der Waals surface area contributed by atoms with E-state index >= 15 is 0 Å². The zero-order valence-electron chi connectivity index (χ0n) is 7.13. The average molecular weight is 154 g/mol. The molecule has 0 radical (unpaired) electrons. The molecular weight excluding hydrogens is 136 g/mol. The van der Waals surface area contributed by atoms with E-state index in [1.165, 1.54) is 38.8 Å². The molecule has 64 valence electrons. The molecule has 0 aromatic rings. The number of hydrogen-bond acceptors (Lipinski definition) is 2. The van der Waals surface area contributed by atoms with Crippen LogP contribution >= 0.6 is 0 Å². The Labute approximate surface area is 68.7 Å². The first-order valence-corrected chi connectivity index (χ1v) is 4.86. The highest BCUT2D eigenvalue weighted by atomic mass is 15.2. The van der Waals surface area contributed by atoms with Crippen LogP contribution in [0.5, 0.6) is 0 Å². The van der Waals surface area contributed by atoms with Gasteiger partial charge in [-0.05, 0) is 44.8 Å². The van der Waals surface area contributed by atoms with Gasteiger partial charge in [0, 0.05) is 6.04 Å². The van der Waals surface area contributed by atoms with Gasteiger partial charge in [0.25, 0.3) is 0 Å². The highest BCUT2D eigenvalue weighted by molar-refractivity contribution is 4.89. The molecule has 0 aromatic carbocycles. The van der Waals surface area contributed by atoms with Crippen molar-refractivity contribution < 1.29 is 0 Å². The molecule has 2 rings (SSSR count). The van der Waals surface area contributed by atoms with Gasteiger partial charge in [0.05, 0.1) is 0 Å². The standard InChI is InChI=1S/C9H18N2/c10-7-8-4-6-11-5-2-1-3-9(8)11/h8-9H,1-7,10H2/t8-,9+/m0/s1. The molecule has 0 bridgehead atoms. The van der Waals surface area contributed by atoms with Crippen LogP contribution in [0.2, 0.25) is 0 Å². The maximum atomic E-state index is 5.71. The molecule has 2 N–H and O–H groups in total. The molecule has 2 aliphatic rings. The molecule has 2 fully saturated rings. The maximum Gasteiger partial charge on any atom is 0.0136 e. The first kappa shape index (κ1) is 7.56. The lowest BCUT2D eigenvalue weighted by atomic mass is 9.93. The third-order valence-electron chi connectivity index (χ3n) is 3.30. The molecule has 2 heterocycles. The van der Waals surface area contributed by atoms with Crippen molar-refractivity contribution in [3.8, 4) is 0 Å². The quantitative estimate of drug-likeness (QED) is 0.606. The Morgan fingerprint density at radius 2 is 2.09 bits per heavy atom. The van der Waals surface area contributed by atoms with Crippen molar-refractivity contribution >= 4 is 0 Å². The van der Waals surface area contributed by atoms with Gasteiger partial charge >= 0.3 is 0 Å². The second kappa shape index (κ2) is 3.11. The second-order valence-electron chi connectivity index (χ2n) is 3.88. The van der Waals surface area contributed by atoms with E-state index in [4.69, 9.17) is 5.73 Å². The molecule has 2 nitrogen and oxygen atoms in total. The van der Waals surface area contributed by atoms with E-state index in [1.807, 2.05) is 0 Å². The highest BCUT2D eigenvalue weighted by Gasteiger charge is 2.34. The molecule has 2 heteroatoms. The SMILES string of the molecule is NC[C@@H]1CCN2CCCC[C@H]12. The van der Waals surface area contributed by atoms with Gasteiger partial charge in [-0.1, -0.05) is 6.42 Å². The normalized spacial score (nSPS) is 39.0. The summed E-state index contributed by atoms with van der Waals surface area (Å²) in [6.07, 6.45) is 5.59. The minimum Gasteiger partial charge on any atom is -0.330 e. The van der Waals surface area contributed by atoms with Gasteiger partial charge in [-0.3, -0.25) is 0 Å². The number of piperidine rings is 1. The topological polar surface area (TPSA) is 29.3 Å². The molecule has 11 heavy (non-hydrogen) atoms. The summed E-state index contributed by atoms with van der Waals surface area (Å²) in [5, 5.41) is 0. The third kappa shape index (κ3) is 1.30. The van der Waals surface area contributed by atoms with Gasteiger partial charge in [-0.15, -0.1) is 0 Å². The first-order chi connectivity index (χ1) is 5.42. The molecule has 2 saturated heterocycles. The number of nitrogens with zero attached hydrogens (tertiary/aromatic N) is 1. The Kier molecular flexibility index (Phi) is 2.14. The van der Waals surface area contributed by atoms with Crippen molar-refractivity contribution in [3.63, 3.8) is 0 Å². The van der Waals surface area contributed by atoms with Crippen molar-refractivity contribution in [1.29, 1.82) is 0 Å². The molecule has 0 unspecified atom stereocenters. The monoisotopic (exact) mass is 154 g/mol. The van der Waals surface area contributed by atoms with Gasteiger partial charge in [0.1, 0.15) is 0 Å². The Bertz CT molecular complexity index is 130. The summed E-state index contributed by atoms with van der Waals surface area (Å²) in [6.45, 7) is 3.55. The molecule has 0 spiro atoms. The Hall–Kier alpha value is -0.0800. The number of hydrogen-bond donors (Lipinski definition) is 1. The zero-order valence-corrected chi connectivity index (χ0v) is 7.13. The third-order valence-corrected chi connectivity index (χ3v) is 3.30. The Balaban J connectivity index is 1.98. The predicted molar refractivity (Wildman–Crippen MR) is 46.4 cm³/mol. The van der Waals surface area contributed by atoms with E-state index < -0.39 is 0 Å². The summed E-state index contributed by atoms with van der Waals surface area (Å²) in [7, 11) is 0. The van der Waals surface area contributed by atoms with Crippen molar-refractivity contribution in [2.45, 2.75) is 31.7 Å². The molecule has 0 aromatic heterocycles. The first-order valence-electron chi connectivity index (χ1n) is 4.86. The fourth-order valence-corrected chi connectivity index (χ4v) is 2.63. The van der Waals surface area contributed by atoms with Gasteiger partial charge in [-0.25, -0.2) is 0 Å². The predicted octanol–water partition coefficient (Wildman–Crippen LogP) is 0.819. The van der Waals surface area contributed by atoms with E-state index in [0.29, 0.717) is 0 Å². The van der Waals surface area contributed by atoms with Crippen LogP contribution in [0.4, 0.5) is 0 Å². The maximum absolute atomic E-state index is 5.71. The van der Waals surface area contributed by atoms with Crippen LogP contribution in [0, 0.1) is 5.92 Å². The summed E-state index contributed by atoms with van der Waals surface area (Å²) in [6, 6.07) is 0.855. The van der Waals surface area contributed by atoms with E-state index in [-0.39, 0.29) is 0 Å². The lowest BCUT2D eigenvalue weighted by Gasteiger charge is -2.31. The van der Waals surface area contributed by atoms with E-state index in [0.717, 1.165) is 18.5 Å². The Morgan fingerprint density at radius 3 is 2.91 bits per heavy atom. The van der Waals surface area contributed by atoms with Crippen LogP contribution < -0.4 is 5.73 Å². The lowest BCUT2D eigenvalue weighted by molar-refractivity contribution is 0.174. The van der Waals surface area contributed by atoms with Crippen molar-refractivity contribution in [2.24, 2.45) is 11.7 Å². The summed E-state index contributed by atoms with van der Waals surface area (Å²) in [5.74, 6) is 0.815.